The summed E-state index contributed by atoms with van der Waals surface area (Å²) in [6.07, 6.45) is 5.12. The zero-order valence-corrected chi connectivity index (χ0v) is 16.9. The van der Waals surface area contributed by atoms with E-state index in [9.17, 15) is 9.18 Å². The minimum atomic E-state index is -0.404. The van der Waals surface area contributed by atoms with Gasteiger partial charge in [0.1, 0.15) is 18.1 Å². The molecule has 4 rings (SSSR count). The molecular formula is C20H21ClFN5O2. The van der Waals surface area contributed by atoms with Gasteiger partial charge in [-0.25, -0.2) is 4.39 Å². The fourth-order valence-corrected chi connectivity index (χ4v) is 3.95. The van der Waals surface area contributed by atoms with Crippen LogP contribution in [0.25, 0.3) is 10.9 Å². The highest BCUT2D eigenvalue weighted by Gasteiger charge is 2.29. The maximum atomic E-state index is 14.5. The van der Waals surface area contributed by atoms with E-state index >= 15 is 0 Å². The lowest BCUT2D eigenvalue weighted by Gasteiger charge is -2.41. The first-order chi connectivity index (χ1) is 14.0. The summed E-state index contributed by atoms with van der Waals surface area (Å²) in [4.78, 5) is 20.7. The van der Waals surface area contributed by atoms with Crippen LogP contribution >= 0.6 is 11.6 Å². The van der Waals surface area contributed by atoms with Crippen LogP contribution in [0.4, 0.5) is 10.1 Å². The average Bonchev–Trinajstić information content (AvgIpc) is 3.11. The molecule has 29 heavy (non-hydrogen) atoms. The number of amides is 1. The molecule has 1 amide bonds. The maximum absolute atomic E-state index is 14.5. The average molecular weight is 418 g/mol. The molecule has 0 radical (unpaired) electrons. The van der Waals surface area contributed by atoms with Gasteiger partial charge in [0.05, 0.1) is 35.7 Å². The van der Waals surface area contributed by atoms with Crippen molar-refractivity contribution < 1.29 is 13.9 Å². The van der Waals surface area contributed by atoms with Crippen LogP contribution in [0.2, 0.25) is 5.02 Å². The smallest absolute Gasteiger partial charge is 0.244 e. The van der Waals surface area contributed by atoms with Crippen molar-refractivity contribution in [2.75, 3.05) is 31.6 Å². The lowest BCUT2D eigenvalue weighted by molar-refractivity contribution is -0.134. The normalized spacial score (nSPS) is 17.0. The maximum Gasteiger partial charge on any atom is 0.244 e. The standard InChI is InChI=1S/C20H21ClFN5O2/c1-13-11-25(17-8-19(29-2)15(21)7-16(17)22)5-6-26(13)20(28)12-27-18-10-23-4-3-14(18)9-24-27/h3-4,7-10,13H,5-6,11-12H2,1-2H3/t13-/m0/s1. The van der Waals surface area contributed by atoms with E-state index in [1.54, 1.807) is 29.3 Å². The molecule has 1 atom stereocenters. The van der Waals surface area contributed by atoms with Gasteiger partial charge in [-0.05, 0) is 19.1 Å². The highest BCUT2D eigenvalue weighted by Crippen LogP contribution is 2.33. The number of nitrogens with zero attached hydrogens (tertiary/aromatic N) is 5. The van der Waals surface area contributed by atoms with Gasteiger partial charge in [-0.15, -0.1) is 0 Å². The molecular weight excluding hydrogens is 397 g/mol. The van der Waals surface area contributed by atoms with Gasteiger partial charge in [-0.3, -0.25) is 14.5 Å². The molecule has 1 aliphatic heterocycles. The molecule has 1 fully saturated rings. The van der Waals surface area contributed by atoms with E-state index in [4.69, 9.17) is 16.3 Å². The first kappa shape index (κ1) is 19.4. The molecule has 1 saturated heterocycles. The number of anilines is 1. The first-order valence-corrected chi connectivity index (χ1v) is 9.68. The molecule has 2 aromatic heterocycles. The Bertz CT molecular complexity index is 1060. The van der Waals surface area contributed by atoms with Crippen molar-refractivity contribution in [2.24, 2.45) is 0 Å². The SMILES string of the molecule is COc1cc(N2CCN(C(=O)Cn3ncc4ccncc43)[C@@H](C)C2)c(F)cc1Cl. The van der Waals surface area contributed by atoms with E-state index < -0.39 is 5.82 Å². The molecule has 1 aliphatic rings. The first-order valence-electron chi connectivity index (χ1n) is 9.31. The van der Waals surface area contributed by atoms with Crippen molar-refractivity contribution in [3.05, 3.63) is 47.6 Å². The van der Waals surface area contributed by atoms with E-state index in [0.717, 1.165) is 10.9 Å². The summed E-state index contributed by atoms with van der Waals surface area (Å²) in [5.74, 6) is -0.00755. The fourth-order valence-electron chi connectivity index (χ4n) is 3.72. The molecule has 152 valence electrons. The van der Waals surface area contributed by atoms with E-state index in [2.05, 4.69) is 10.1 Å². The Balaban J connectivity index is 1.47. The summed E-state index contributed by atoms with van der Waals surface area (Å²) < 4.78 is 21.3. The van der Waals surface area contributed by atoms with Crippen molar-refractivity contribution in [2.45, 2.75) is 19.5 Å². The minimum Gasteiger partial charge on any atom is -0.495 e. The van der Waals surface area contributed by atoms with Crippen molar-refractivity contribution in [3.63, 3.8) is 0 Å². The van der Waals surface area contributed by atoms with Gasteiger partial charge in [-0.1, -0.05) is 11.6 Å². The second-order valence-corrected chi connectivity index (χ2v) is 7.46. The Morgan fingerprint density at radius 2 is 2.17 bits per heavy atom. The third kappa shape index (κ3) is 3.72. The van der Waals surface area contributed by atoms with Crippen molar-refractivity contribution in [1.29, 1.82) is 0 Å². The summed E-state index contributed by atoms with van der Waals surface area (Å²) in [7, 11) is 1.50. The van der Waals surface area contributed by atoms with E-state index in [-0.39, 0.29) is 23.5 Å². The van der Waals surface area contributed by atoms with Crippen LogP contribution in [0.3, 0.4) is 0 Å². The van der Waals surface area contributed by atoms with Gasteiger partial charge in [0.2, 0.25) is 5.91 Å². The zero-order chi connectivity index (χ0) is 20.5. The number of pyridine rings is 1. The van der Waals surface area contributed by atoms with Crippen molar-refractivity contribution >= 4 is 34.1 Å². The molecule has 0 spiro atoms. The molecule has 3 heterocycles. The molecule has 0 saturated carbocycles. The topological polar surface area (TPSA) is 63.5 Å². The second kappa shape index (κ2) is 7.87. The van der Waals surface area contributed by atoms with Crippen LogP contribution in [0, 0.1) is 5.82 Å². The predicted molar refractivity (Wildman–Crippen MR) is 109 cm³/mol. The van der Waals surface area contributed by atoms with Gasteiger partial charge < -0.3 is 14.5 Å². The molecule has 7 nitrogen and oxygen atoms in total. The third-order valence-corrected chi connectivity index (χ3v) is 5.54. The quantitative estimate of drug-likeness (QED) is 0.653. The van der Waals surface area contributed by atoms with Crippen molar-refractivity contribution in [3.8, 4) is 5.75 Å². The second-order valence-electron chi connectivity index (χ2n) is 7.06. The van der Waals surface area contributed by atoms with E-state index in [1.807, 2.05) is 22.8 Å². The van der Waals surface area contributed by atoms with Gasteiger partial charge in [0.15, 0.2) is 0 Å². The van der Waals surface area contributed by atoms with Crippen LogP contribution in [0.1, 0.15) is 6.92 Å². The minimum absolute atomic E-state index is 0.0276. The van der Waals surface area contributed by atoms with Gasteiger partial charge in [0.25, 0.3) is 0 Å². The van der Waals surface area contributed by atoms with E-state index in [0.29, 0.717) is 31.1 Å². The molecule has 0 aliphatic carbocycles. The molecule has 1 aromatic carbocycles. The Labute approximate surface area is 172 Å². The molecule has 0 bridgehead atoms. The predicted octanol–water partition coefficient (Wildman–Crippen LogP) is 2.97. The summed E-state index contributed by atoms with van der Waals surface area (Å²) in [5.41, 5.74) is 1.25. The fraction of sp³-hybridized carbons (Fsp3) is 0.350. The number of benzene rings is 1. The number of fused-ring (bicyclic) bond motifs is 1. The Morgan fingerprint density at radius 1 is 1.34 bits per heavy atom. The van der Waals surface area contributed by atoms with Crippen LogP contribution in [-0.2, 0) is 11.3 Å². The number of carbonyl (C=O) groups excluding carboxylic acids is 1. The Morgan fingerprint density at radius 3 is 2.93 bits per heavy atom. The molecule has 9 heteroatoms. The lowest BCUT2D eigenvalue weighted by Crippen LogP contribution is -2.55. The van der Waals surface area contributed by atoms with E-state index in [1.165, 1.54) is 13.2 Å². The lowest BCUT2D eigenvalue weighted by atomic mass is 10.1. The molecule has 0 unspecified atom stereocenters. The highest BCUT2D eigenvalue weighted by molar-refractivity contribution is 6.32. The number of carbonyl (C=O) groups is 1. The van der Waals surface area contributed by atoms with Crippen molar-refractivity contribution in [1.82, 2.24) is 19.7 Å². The largest absolute Gasteiger partial charge is 0.495 e. The number of rotatable bonds is 4. The highest BCUT2D eigenvalue weighted by atomic mass is 35.5. The molecule has 3 aromatic rings. The molecule has 0 N–H and O–H groups in total. The summed E-state index contributed by atoms with van der Waals surface area (Å²) in [6.45, 7) is 3.61. The zero-order valence-electron chi connectivity index (χ0n) is 16.2. The number of halogens is 2. The Kier molecular flexibility index (Phi) is 5.27. The number of ether oxygens (including phenoxy) is 1. The number of hydrogen-bond donors (Lipinski definition) is 0. The van der Waals surface area contributed by atoms with Crippen LogP contribution in [0.15, 0.2) is 36.8 Å². The van der Waals surface area contributed by atoms with Crippen LogP contribution in [-0.4, -0.2) is 58.4 Å². The summed E-state index contributed by atoms with van der Waals surface area (Å²) in [5, 5.41) is 5.47. The Hall–Kier alpha value is -2.87. The number of piperazine rings is 1. The van der Waals surface area contributed by atoms with Crippen LogP contribution < -0.4 is 9.64 Å². The monoisotopic (exact) mass is 417 g/mol. The van der Waals surface area contributed by atoms with Gasteiger partial charge >= 0.3 is 0 Å². The number of hydrogen-bond acceptors (Lipinski definition) is 5. The number of aromatic nitrogens is 3. The van der Waals surface area contributed by atoms with Gasteiger partial charge in [-0.2, -0.15) is 5.10 Å². The summed E-state index contributed by atoms with van der Waals surface area (Å²) in [6, 6.07) is 4.64. The summed E-state index contributed by atoms with van der Waals surface area (Å²) >= 11 is 5.99. The number of methoxy groups -OCH3 is 1. The third-order valence-electron chi connectivity index (χ3n) is 5.24. The van der Waals surface area contributed by atoms with Gasteiger partial charge in [0, 0.05) is 43.3 Å². The van der Waals surface area contributed by atoms with Crippen LogP contribution in [0.5, 0.6) is 5.75 Å².